The van der Waals surface area contributed by atoms with Crippen molar-refractivity contribution in [3.05, 3.63) is 198 Å². The second kappa shape index (κ2) is 25.4. The molecule has 85 heavy (non-hydrogen) atoms. The fourth-order valence-electron chi connectivity index (χ4n) is 14.2. The first-order valence-electron chi connectivity index (χ1n) is 30.9. The SMILES string of the molecule is COc1ccc(C(OCC2O[C@@H](n3cc(/C=C/C(=O)NCCCCCCNC(=O)CCCCCC4(C)C5=[N+](CCC6Oc7c(cc8c9c7CCCN9CCC8)C=C56)c5ccccc54)c(=O)[nH]c3=O)C[C@H]2O)(c2ccccc2)c2ccccc2)cc1. The van der Waals surface area contributed by atoms with Gasteiger partial charge in [-0.05, 0) is 111 Å². The Balaban J connectivity index is 0.573. The molecule has 12 rings (SSSR count). The van der Waals surface area contributed by atoms with Crippen LogP contribution in [0, 0.1) is 0 Å². The third-order valence-corrected chi connectivity index (χ3v) is 18.4. The number of carbonyl (C=O) groups is 2. The Morgan fingerprint density at radius 1 is 0.847 bits per heavy atom. The van der Waals surface area contributed by atoms with E-state index in [4.69, 9.17) is 18.9 Å². The largest absolute Gasteiger partial charge is 0.497 e. The van der Waals surface area contributed by atoms with Crippen LogP contribution in [0.15, 0.2) is 143 Å². The molecule has 0 aliphatic carbocycles. The summed E-state index contributed by atoms with van der Waals surface area (Å²) in [5, 5.41) is 17.4. The number of aliphatic hydroxyl groups is 1. The number of benzene rings is 5. The van der Waals surface area contributed by atoms with Crippen molar-refractivity contribution in [3.63, 3.8) is 0 Å². The lowest BCUT2D eigenvalue weighted by Gasteiger charge is -2.40. The standard InChI is InChI=1S/C70H78N6O9/c1-69(56-26-13-14-27-57(56)75-41-35-59-55(66(69)75)43-49-42-47-20-18-39-74-40-19-25-54(64(47)74)65(49)85-59)36-15-7-12-28-61(78)71-37-16-3-4-17-38-72-62(79)34-29-48-45-76(68(81)73-67(48)80)63-44-58(77)60(84-63)46-83-70(50-21-8-5-9-22-50,51-23-10-6-11-24-51)52-30-32-53(82-2)33-31-52/h5-6,8-11,13-14,21-24,26-27,29-34,42-43,45,58-60,63,77H,3-4,7,12,15-20,25,28,35-41,44,46H2,1-2H3,(H2-,71,72,73,78,79,80,81)/p+1/b34-29+/t58-,59?,60?,63-,69?/m1/s1. The van der Waals surface area contributed by atoms with E-state index in [1.54, 1.807) is 7.11 Å². The topological polar surface area (TPSA) is 176 Å². The van der Waals surface area contributed by atoms with Gasteiger partial charge in [-0.3, -0.25) is 23.9 Å². The highest BCUT2D eigenvalue weighted by molar-refractivity contribution is 6.11. The molecule has 6 aliphatic heterocycles. The lowest BCUT2D eigenvalue weighted by molar-refractivity contribution is -0.444. The van der Waals surface area contributed by atoms with Crippen LogP contribution in [-0.4, -0.2) is 102 Å². The van der Waals surface area contributed by atoms with Gasteiger partial charge in [0.05, 0.1) is 36.4 Å². The van der Waals surface area contributed by atoms with Crippen molar-refractivity contribution in [1.82, 2.24) is 20.2 Å². The molecular weight excluding hydrogens is 1070 g/mol. The summed E-state index contributed by atoms with van der Waals surface area (Å²) in [4.78, 5) is 56.9. The summed E-state index contributed by atoms with van der Waals surface area (Å²) in [6, 6.07) is 38.7. The van der Waals surface area contributed by atoms with Gasteiger partial charge in [-0.1, -0.05) is 117 Å². The maximum absolute atomic E-state index is 13.2. The number of ether oxygens (including phenoxy) is 4. The van der Waals surface area contributed by atoms with Crippen molar-refractivity contribution < 1.29 is 38.2 Å². The molecule has 5 atom stereocenters. The van der Waals surface area contributed by atoms with E-state index in [1.807, 2.05) is 84.9 Å². The molecule has 5 aromatic carbocycles. The van der Waals surface area contributed by atoms with Crippen molar-refractivity contribution >= 4 is 41.1 Å². The van der Waals surface area contributed by atoms with Gasteiger partial charge >= 0.3 is 5.69 Å². The van der Waals surface area contributed by atoms with Crippen LogP contribution in [-0.2, 0) is 42.9 Å². The van der Waals surface area contributed by atoms with Crippen LogP contribution < -0.4 is 36.3 Å². The number of aryl methyl sites for hydroxylation is 1. The molecule has 3 unspecified atom stereocenters. The number of nitrogens with zero attached hydrogens (tertiary/aromatic N) is 3. The molecule has 0 saturated carbocycles. The highest BCUT2D eigenvalue weighted by Gasteiger charge is 2.54. The number of aromatic amines is 1. The highest BCUT2D eigenvalue weighted by atomic mass is 16.6. The van der Waals surface area contributed by atoms with Crippen LogP contribution in [0.1, 0.15) is 141 Å². The average Bonchev–Trinajstić information content (AvgIpc) is 1.77. The zero-order valence-corrected chi connectivity index (χ0v) is 49.0. The Labute approximate surface area is 497 Å². The van der Waals surface area contributed by atoms with E-state index in [0.717, 1.165) is 113 Å². The number of H-pyrrole nitrogens is 1. The van der Waals surface area contributed by atoms with E-state index in [9.17, 15) is 24.3 Å². The number of hydrogen-bond donors (Lipinski definition) is 4. The number of amides is 2. The molecule has 7 heterocycles. The van der Waals surface area contributed by atoms with Crippen molar-refractivity contribution in [2.75, 3.05) is 51.3 Å². The molecule has 1 fully saturated rings. The van der Waals surface area contributed by atoms with Gasteiger partial charge in [-0.2, -0.15) is 4.58 Å². The fraction of sp³-hybridized carbons (Fsp3) is 0.414. The monoisotopic (exact) mass is 1150 g/mol. The second-order valence-electron chi connectivity index (χ2n) is 23.9. The number of rotatable bonds is 23. The number of nitrogens with one attached hydrogen (secondary N) is 3. The van der Waals surface area contributed by atoms with Crippen LogP contribution in [0.2, 0.25) is 0 Å². The van der Waals surface area contributed by atoms with Gasteiger partial charge in [0, 0.05) is 86.2 Å². The predicted molar refractivity (Wildman–Crippen MR) is 330 cm³/mol. The summed E-state index contributed by atoms with van der Waals surface area (Å²) in [6.45, 7) is 6.70. The van der Waals surface area contributed by atoms with Gasteiger partial charge in [0.25, 0.3) is 5.56 Å². The van der Waals surface area contributed by atoms with Crippen LogP contribution >= 0.6 is 0 Å². The number of carbonyl (C=O) groups excluding carboxylic acids is 2. The third kappa shape index (κ3) is 11.7. The van der Waals surface area contributed by atoms with E-state index in [1.165, 1.54) is 80.7 Å². The number of unbranched alkanes of at least 4 members (excludes halogenated alkanes) is 5. The van der Waals surface area contributed by atoms with E-state index in [0.29, 0.717) is 25.3 Å². The van der Waals surface area contributed by atoms with Gasteiger partial charge in [-0.15, -0.1) is 0 Å². The number of aromatic nitrogens is 2. The molecule has 0 spiro atoms. The first-order chi connectivity index (χ1) is 41.5. The summed E-state index contributed by atoms with van der Waals surface area (Å²) >= 11 is 0. The predicted octanol–water partition coefficient (Wildman–Crippen LogP) is 9.96. The van der Waals surface area contributed by atoms with Gasteiger partial charge in [-0.25, -0.2) is 4.79 Å². The van der Waals surface area contributed by atoms with Crippen LogP contribution in [0.5, 0.6) is 11.5 Å². The summed E-state index contributed by atoms with van der Waals surface area (Å²) < 4.78 is 29.6. The molecule has 15 nitrogen and oxygen atoms in total. The molecule has 0 bridgehead atoms. The third-order valence-electron chi connectivity index (χ3n) is 18.4. The van der Waals surface area contributed by atoms with Crippen LogP contribution in [0.4, 0.5) is 11.4 Å². The molecular formula is C70H79N6O9+. The smallest absolute Gasteiger partial charge is 0.330 e. The summed E-state index contributed by atoms with van der Waals surface area (Å²) in [7, 11) is 1.62. The Hall–Kier alpha value is -7.85. The quantitative estimate of drug-likeness (QED) is 0.0209. The minimum Gasteiger partial charge on any atom is -0.497 e. The van der Waals surface area contributed by atoms with E-state index < -0.39 is 35.3 Å². The number of methoxy groups -OCH3 is 1. The molecule has 15 heteroatoms. The first-order valence-corrected chi connectivity index (χ1v) is 30.9. The van der Waals surface area contributed by atoms with E-state index >= 15 is 0 Å². The minimum absolute atomic E-state index is 0.0419. The van der Waals surface area contributed by atoms with E-state index in [2.05, 4.69) is 68.4 Å². The average molecular weight is 1150 g/mol. The minimum atomic E-state index is -1.10. The van der Waals surface area contributed by atoms with Crippen molar-refractivity contribution in [2.45, 2.75) is 139 Å². The molecule has 2 amide bonds. The van der Waals surface area contributed by atoms with Gasteiger partial charge in [0.2, 0.25) is 17.5 Å². The van der Waals surface area contributed by atoms with E-state index in [-0.39, 0.29) is 41.9 Å². The number of hydrogen-bond acceptors (Lipinski definition) is 10. The Kier molecular flexibility index (Phi) is 17.2. The highest BCUT2D eigenvalue weighted by Crippen LogP contribution is 2.52. The molecule has 442 valence electrons. The molecule has 1 saturated heterocycles. The number of anilines is 1. The van der Waals surface area contributed by atoms with Gasteiger partial charge < -0.3 is 39.6 Å². The summed E-state index contributed by atoms with van der Waals surface area (Å²) in [5.41, 5.74) is 11.2. The van der Waals surface area contributed by atoms with Crippen molar-refractivity contribution in [1.29, 1.82) is 0 Å². The zero-order valence-electron chi connectivity index (χ0n) is 49.0. The summed E-state index contributed by atoms with van der Waals surface area (Å²) in [5.74, 6) is 1.54. The zero-order chi connectivity index (χ0) is 58.5. The normalized spacial score (nSPS) is 21.1. The number of para-hydroxylation sites is 1. The molecule has 0 radical (unpaired) electrons. The van der Waals surface area contributed by atoms with Crippen molar-refractivity contribution in [2.24, 2.45) is 0 Å². The molecule has 6 aliphatic rings. The maximum atomic E-state index is 13.2. The maximum Gasteiger partial charge on any atom is 0.330 e. The summed E-state index contributed by atoms with van der Waals surface area (Å²) in [6.07, 6.45) is 17.2. The Bertz CT molecular complexity index is 3590. The Morgan fingerprint density at radius 3 is 2.29 bits per heavy atom. The first kappa shape index (κ1) is 57.6. The molecule has 4 N–H and O–H groups in total. The van der Waals surface area contributed by atoms with Gasteiger partial charge in [0.1, 0.15) is 35.5 Å². The van der Waals surface area contributed by atoms with Crippen LogP contribution in [0.3, 0.4) is 0 Å². The fourth-order valence-corrected chi connectivity index (χ4v) is 14.2. The molecule has 6 aromatic rings. The Morgan fingerprint density at radius 2 is 1.54 bits per heavy atom. The lowest BCUT2D eigenvalue weighted by atomic mass is 9.71. The molecule has 1 aromatic heterocycles. The lowest BCUT2D eigenvalue weighted by Crippen LogP contribution is -2.44. The van der Waals surface area contributed by atoms with Crippen molar-refractivity contribution in [3.8, 4) is 11.5 Å². The van der Waals surface area contributed by atoms with Crippen LogP contribution in [0.25, 0.3) is 12.2 Å². The second-order valence-corrected chi connectivity index (χ2v) is 23.9. The number of aliphatic hydroxyl groups excluding tert-OH is 1. The van der Waals surface area contributed by atoms with Gasteiger partial charge in [0.15, 0.2) is 12.3 Å². The number of fused-ring (bicyclic) bond motifs is 6.